The molecule has 1 N–H and O–H groups in total. The van der Waals surface area contributed by atoms with E-state index >= 15 is 0 Å². The Kier molecular flexibility index (Phi) is 6.62. The third kappa shape index (κ3) is 5.27. The molecule has 1 aliphatic carbocycles. The minimum atomic E-state index is -1.24. The van der Waals surface area contributed by atoms with Gasteiger partial charge in [-0.2, -0.15) is 0 Å². The molecule has 0 amide bonds. The smallest absolute Gasteiger partial charge is 0.421 e. The quantitative estimate of drug-likeness (QED) is 0.210. The van der Waals surface area contributed by atoms with E-state index in [9.17, 15) is 14.7 Å². The van der Waals surface area contributed by atoms with Crippen molar-refractivity contribution in [1.29, 1.82) is 0 Å². The van der Waals surface area contributed by atoms with Gasteiger partial charge in [-0.1, -0.05) is 19.6 Å². The van der Waals surface area contributed by atoms with Gasteiger partial charge >= 0.3 is 11.7 Å². The molecular weight excluding hydrogens is 514 g/mol. The molecule has 0 spiro atoms. The molecule has 9 nitrogen and oxygen atoms in total. The second-order valence-corrected chi connectivity index (χ2v) is 17.7. The summed E-state index contributed by atoms with van der Waals surface area (Å²) in [7, 11) is -1.24. The van der Waals surface area contributed by atoms with Crippen molar-refractivity contribution in [2.45, 2.75) is 64.6 Å². The Hall–Kier alpha value is -3.37. The Morgan fingerprint density at radius 2 is 2.05 bits per heavy atom. The lowest BCUT2D eigenvalue weighted by molar-refractivity contribution is -0.142. The molecule has 1 fully saturated rings. The molecule has 2 aromatic carbocycles. The van der Waals surface area contributed by atoms with Crippen molar-refractivity contribution in [3.05, 3.63) is 46.4 Å². The average molecular weight is 550 g/mol. The maximum absolute atomic E-state index is 12.6. The van der Waals surface area contributed by atoms with Crippen LogP contribution in [0.25, 0.3) is 33.5 Å². The lowest BCUT2D eigenvalue weighted by Gasteiger charge is -2.15. The number of carbonyl (C=O) groups is 1. The fourth-order valence-electron chi connectivity index (χ4n) is 5.42. The monoisotopic (exact) mass is 549 g/mol. The Labute approximate surface area is 227 Å². The SMILES string of the molecule is C[Si](C)(C)CCOCn1c(=O)oc2ccc(-c3nc4cc(C[C@H](C(=O)O)C5CC5)cc5c4n3CCCO5)cc21. The number of carboxylic acids is 1. The predicted molar refractivity (Wildman–Crippen MR) is 151 cm³/mol. The van der Waals surface area contributed by atoms with Gasteiger partial charge in [-0.05, 0) is 73.5 Å². The zero-order chi connectivity index (χ0) is 27.3. The molecule has 3 heterocycles. The fourth-order valence-corrected chi connectivity index (χ4v) is 6.18. The van der Waals surface area contributed by atoms with E-state index in [2.05, 4.69) is 24.2 Å². The number of rotatable bonds is 10. The van der Waals surface area contributed by atoms with E-state index in [1.54, 1.807) is 0 Å². The van der Waals surface area contributed by atoms with E-state index in [1.165, 1.54) is 4.57 Å². The van der Waals surface area contributed by atoms with Gasteiger partial charge in [0.1, 0.15) is 23.8 Å². The topological polar surface area (TPSA) is 109 Å². The second-order valence-electron chi connectivity index (χ2n) is 12.1. The number of fused-ring (bicyclic) bond motifs is 1. The van der Waals surface area contributed by atoms with Crippen LogP contribution in [0.1, 0.15) is 24.8 Å². The molecule has 1 atom stereocenters. The van der Waals surface area contributed by atoms with Gasteiger partial charge in [0, 0.05) is 26.8 Å². The van der Waals surface area contributed by atoms with Crippen LogP contribution in [0.3, 0.4) is 0 Å². The van der Waals surface area contributed by atoms with Crippen LogP contribution in [0.2, 0.25) is 25.7 Å². The highest BCUT2D eigenvalue weighted by Crippen LogP contribution is 2.40. The number of hydrogen-bond acceptors (Lipinski definition) is 6. The Balaban J connectivity index is 1.36. The zero-order valence-electron chi connectivity index (χ0n) is 22.7. The number of ether oxygens (including phenoxy) is 2. The molecule has 4 aromatic rings. The Bertz CT molecular complexity index is 1610. The molecule has 39 heavy (non-hydrogen) atoms. The summed E-state index contributed by atoms with van der Waals surface area (Å²) in [5.41, 5.74) is 4.69. The molecule has 0 saturated heterocycles. The summed E-state index contributed by atoms with van der Waals surface area (Å²) in [6.07, 6.45) is 3.25. The number of oxazole rings is 1. The van der Waals surface area contributed by atoms with Crippen LogP contribution in [0.4, 0.5) is 0 Å². The van der Waals surface area contributed by atoms with Crippen molar-refractivity contribution in [3.63, 3.8) is 0 Å². The first-order valence-electron chi connectivity index (χ1n) is 13.8. The van der Waals surface area contributed by atoms with Gasteiger partial charge in [-0.3, -0.25) is 4.79 Å². The number of imidazole rings is 1. The van der Waals surface area contributed by atoms with Gasteiger partial charge in [0.05, 0.1) is 23.6 Å². The van der Waals surface area contributed by atoms with Gasteiger partial charge in [-0.25, -0.2) is 14.3 Å². The predicted octanol–water partition coefficient (Wildman–Crippen LogP) is 5.36. The third-order valence-electron chi connectivity index (χ3n) is 7.76. The summed E-state index contributed by atoms with van der Waals surface area (Å²) in [5.74, 6) is 0.230. The van der Waals surface area contributed by atoms with Crippen molar-refractivity contribution in [2.75, 3.05) is 13.2 Å². The highest BCUT2D eigenvalue weighted by molar-refractivity contribution is 6.76. The highest BCUT2D eigenvalue weighted by Gasteiger charge is 2.36. The van der Waals surface area contributed by atoms with Crippen LogP contribution >= 0.6 is 0 Å². The van der Waals surface area contributed by atoms with Crippen molar-refractivity contribution < 1.29 is 23.8 Å². The summed E-state index contributed by atoms with van der Waals surface area (Å²) in [4.78, 5) is 29.5. The molecule has 0 bridgehead atoms. The van der Waals surface area contributed by atoms with Crippen LogP contribution in [0, 0.1) is 11.8 Å². The molecule has 0 unspecified atom stereocenters. The van der Waals surface area contributed by atoms with Crippen LogP contribution in [-0.2, 0) is 29.2 Å². The van der Waals surface area contributed by atoms with Crippen LogP contribution in [0.15, 0.2) is 39.5 Å². The summed E-state index contributed by atoms with van der Waals surface area (Å²) in [6, 6.07) is 10.7. The first-order valence-corrected chi connectivity index (χ1v) is 17.5. The van der Waals surface area contributed by atoms with Gasteiger partial charge in [0.2, 0.25) is 0 Å². The van der Waals surface area contributed by atoms with Gasteiger partial charge in [0.15, 0.2) is 5.58 Å². The molecule has 1 aliphatic heterocycles. The van der Waals surface area contributed by atoms with E-state index in [0.29, 0.717) is 30.7 Å². The third-order valence-corrected chi connectivity index (χ3v) is 9.46. The maximum Gasteiger partial charge on any atom is 0.421 e. The van der Waals surface area contributed by atoms with E-state index < -0.39 is 19.8 Å². The van der Waals surface area contributed by atoms with Gasteiger partial charge in [-0.15, -0.1) is 0 Å². The minimum absolute atomic E-state index is 0.142. The number of aryl methyl sites for hydroxylation is 1. The van der Waals surface area contributed by atoms with Crippen LogP contribution in [-0.4, -0.2) is 46.5 Å². The molecular formula is C29H35N3O6Si. The number of hydrogen-bond donors (Lipinski definition) is 1. The number of nitrogens with zero attached hydrogens (tertiary/aromatic N) is 3. The number of aliphatic carboxylic acids is 1. The molecule has 6 rings (SSSR count). The lowest BCUT2D eigenvalue weighted by atomic mass is 9.94. The minimum Gasteiger partial charge on any atom is -0.491 e. The molecule has 206 valence electrons. The standard InChI is InChI=1S/C29H35N3O6Si/c1-39(2,3)12-11-36-17-32-23-16-20(7-8-24(23)38-29(32)35)27-30-22-14-18(13-21(28(33)34)19-5-6-19)15-25-26(22)31(27)9-4-10-37-25/h7-8,14-16,19,21H,4-6,9-13,17H2,1-3H3,(H,33,34)/t21-/m0/s1. The molecule has 10 heteroatoms. The van der Waals surface area contributed by atoms with Crippen molar-refractivity contribution in [1.82, 2.24) is 14.1 Å². The molecule has 0 radical (unpaired) electrons. The number of carboxylic acid groups (broad SMARTS) is 1. The highest BCUT2D eigenvalue weighted by atomic mass is 28.3. The number of benzene rings is 2. The molecule has 2 aromatic heterocycles. The zero-order valence-corrected chi connectivity index (χ0v) is 23.7. The van der Waals surface area contributed by atoms with Gasteiger partial charge < -0.3 is 23.6 Å². The summed E-state index contributed by atoms with van der Waals surface area (Å²) < 4.78 is 21.2. The van der Waals surface area contributed by atoms with E-state index in [4.69, 9.17) is 18.9 Å². The Morgan fingerprint density at radius 3 is 2.79 bits per heavy atom. The molecule has 1 saturated carbocycles. The summed E-state index contributed by atoms with van der Waals surface area (Å²) in [5, 5.41) is 9.76. The van der Waals surface area contributed by atoms with Crippen LogP contribution in [0.5, 0.6) is 5.75 Å². The largest absolute Gasteiger partial charge is 0.491 e. The van der Waals surface area contributed by atoms with E-state index in [0.717, 1.165) is 65.6 Å². The van der Waals surface area contributed by atoms with Crippen molar-refractivity contribution in [2.24, 2.45) is 11.8 Å². The first kappa shape index (κ1) is 25.9. The first-order chi connectivity index (χ1) is 18.7. The van der Waals surface area contributed by atoms with Crippen LogP contribution < -0.4 is 10.5 Å². The summed E-state index contributed by atoms with van der Waals surface area (Å²) in [6.45, 7) is 8.96. The molecule has 2 aliphatic rings. The van der Waals surface area contributed by atoms with Crippen molar-refractivity contribution >= 4 is 36.2 Å². The normalized spacial score (nSPS) is 16.4. The summed E-state index contributed by atoms with van der Waals surface area (Å²) >= 11 is 0. The fraction of sp³-hybridized carbons (Fsp3) is 0.483. The van der Waals surface area contributed by atoms with E-state index in [1.807, 2.05) is 30.3 Å². The van der Waals surface area contributed by atoms with Gasteiger partial charge in [0.25, 0.3) is 0 Å². The van der Waals surface area contributed by atoms with Crippen molar-refractivity contribution in [3.8, 4) is 17.1 Å². The maximum atomic E-state index is 12.6. The Morgan fingerprint density at radius 1 is 1.23 bits per heavy atom. The second kappa shape index (κ2) is 9.98. The number of aromatic nitrogens is 3. The lowest BCUT2D eigenvalue weighted by Crippen LogP contribution is -2.23. The average Bonchev–Trinajstić information content (AvgIpc) is 3.62. The van der Waals surface area contributed by atoms with E-state index in [-0.39, 0.29) is 18.6 Å².